The highest BCUT2D eigenvalue weighted by atomic mass is 16.7. The maximum Gasteiger partial charge on any atom is 0.306 e. The van der Waals surface area contributed by atoms with Crippen LogP contribution in [0, 0.1) is 11.8 Å². The number of aliphatic hydroxyl groups is 1. The largest absolute Gasteiger partial charge is 0.463 e. The number of allylic oxidation sites excluding steroid dienone is 2. The lowest BCUT2D eigenvalue weighted by atomic mass is 9.85. The minimum atomic E-state index is -0.458. The van der Waals surface area contributed by atoms with Gasteiger partial charge in [0.05, 0.1) is 50.8 Å². The predicted molar refractivity (Wildman–Crippen MR) is 166 cm³/mol. The Morgan fingerprint density at radius 2 is 1.67 bits per heavy atom. The van der Waals surface area contributed by atoms with Crippen molar-refractivity contribution in [2.45, 2.75) is 96.1 Å². The van der Waals surface area contributed by atoms with Gasteiger partial charge in [-0.05, 0) is 76.2 Å². The summed E-state index contributed by atoms with van der Waals surface area (Å²) >= 11 is 0. The number of esters is 1. The zero-order valence-electron chi connectivity index (χ0n) is 26.8. The van der Waals surface area contributed by atoms with Gasteiger partial charge in [0.15, 0.2) is 0 Å². The van der Waals surface area contributed by atoms with Crippen LogP contribution in [0.2, 0.25) is 0 Å². The molecule has 9 nitrogen and oxygen atoms in total. The number of aliphatic hydroxyl groups excluding tert-OH is 1. The van der Waals surface area contributed by atoms with Crippen LogP contribution in [0.4, 0.5) is 0 Å². The van der Waals surface area contributed by atoms with Crippen molar-refractivity contribution in [2.24, 2.45) is 11.8 Å². The highest BCUT2D eigenvalue weighted by Crippen LogP contribution is 2.40. The Bertz CT molecular complexity index is 848. The molecule has 1 aliphatic carbocycles. The molecule has 0 bridgehead atoms. The molecule has 246 valence electrons. The zero-order chi connectivity index (χ0) is 31.1. The second-order valence-corrected chi connectivity index (χ2v) is 11.4. The van der Waals surface area contributed by atoms with Gasteiger partial charge in [0.2, 0.25) is 0 Å². The standard InChI is InChI=1S/C34H56O9/c1-27(2)43-34(36)15-11-6-5-10-14-30-31(33(24-32(30)35)42-26-40-23-21-38-4)19-18-29(41-25-39-22-20-37-3)17-16-28-12-8-7-9-13-28/h5,7-10,12-13,27,29-33,35H,6,11,14-26H2,1-4H3/t29-,30+,31+,32+,33+/m0/s1. The van der Waals surface area contributed by atoms with Crippen molar-refractivity contribution >= 4 is 5.97 Å². The molecular formula is C34H56O9. The van der Waals surface area contributed by atoms with Gasteiger partial charge in [-0.15, -0.1) is 0 Å². The van der Waals surface area contributed by atoms with Gasteiger partial charge in [-0.3, -0.25) is 4.79 Å². The molecule has 0 saturated heterocycles. The molecule has 43 heavy (non-hydrogen) atoms. The Balaban J connectivity index is 1.98. The SMILES string of the molecule is COCCOCO[C@@H](CCc1ccccc1)CC[C@@H]1[C@@H](CC=CCCCC(=O)OC(C)C)[C@H](O)C[C@H]1OCOCCOC. The van der Waals surface area contributed by atoms with Crippen molar-refractivity contribution in [3.63, 3.8) is 0 Å². The highest BCUT2D eigenvalue weighted by molar-refractivity contribution is 5.69. The maximum absolute atomic E-state index is 11.8. The molecule has 1 aromatic carbocycles. The topological polar surface area (TPSA) is 102 Å². The second kappa shape index (κ2) is 23.5. The normalized spacial score (nSPS) is 21.2. The zero-order valence-corrected chi connectivity index (χ0v) is 26.8. The summed E-state index contributed by atoms with van der Waals surface area (Å²) in [5.41, 5.74) is 1.28. The predicted octanol–water partition coefficient (Wildman–Crippen LogP) is 5.48. The summed E-state index contributed by atoms with van der Waals surface area (Å²) in [6, 6.07) is 10.4. The van der Waals surface area contributed by atoms with Gasteiger partial charge in [0, 0.05) is 27.1 Å². The lowest BCUT2D eigenvalue weighted by Gasteiger charge is -2.27. The quantitative estimate of drug-likeness (QED) is 0.0670. The van der Waals surface area contributed by atoms with Crippen molar-refractivity contribution < 1.29 is 43.1 Å². The summed E-state index contributed by atoms with van der Waals surface area (Å²) in [6.45, 7) is 6.11. The molecule has 1 aromatic rings. The van der Waals surface area contributed by atoms with E-state index < -0.39 is 6.10 Å². The van der Waals surface area contributed by atoms with Gasteiger partial charge in [-0.1, -0.05) is 42.5 Å². The van der Waals surface area contributed by atoms with Crippen molar-refractivity contribution in [3.8, 4) is 0 Å². The average molecular weight is 609 g/mol. The first-order valence-corrected chi connectivity index (χ1v) is 15.9. The molecule has 1 fully saturated rings. The summed E-state index contributed by atoms with van der Waals surface area (Å²) in [5.74, 6) is 0.0679. The van der Waals surface area contributed by atoms with E-state index in [1.165, 1.54) is 5.56 Å². The number of methoxy groups -OCH3 is 2. The number of rotatable bonds is 25. The summed E-state index contributed by atoms with van der Waals surface area (Å²) in [5, 5.41) is 11.1. The van der Waals surface area contributed by atoms with Crippen molar-refractivity contribution in [3.05, 3.63) is 48.0 Å². The minimum Gasteiger partial charge on any atom is -0.463 e. The Kier molecular flexibility index (Phi) is 20.4. The Morgan fingerprint density at radius 3 is 2.37 bits per heavy atom. The van der Waals surface area contributed by atoms with Crippen LogP contribution in [0.15, 0.2) is 42.5 Å². The van der Waals surface area contributed by atoms with E-state index in [0.717, 1.165) is 44.9 Å². The summed E-state index contributed by atoms with van der Waals surface area (Å²) in [6.07, 6.45) is 10.4. The monoisotopic (exact) mass is 608 g/mol. The molecule has 1 aliphatic rings. The molecule has 0 spiro atoms. The molecule has 0 radical (unpaired) electrons. The average Bonchev–Trinajstić information content (AvgIpc) is 3.29. The Hall–Kier alpha value is -1.85. The maximum atomic E-state index is 11.8. The molecule has 0 aromatic heterocycles. The number of ether oxygens (including phenoxy) is 7. The van der Waals surface area contributed by atoms with Crippen LogP contribution in [-0.2, 0) is 44.4 Å². The lowest BCUT2D eigenvalue weighted by molar-refractivity contribution is -0.147. The molecule has 1 saturated carbocycles. The van der Waals surface area contributed by atoms with Crippen LogP contribution in [0.3, 0.4) is 0 Å². The van der Waals surface area contributed by atoms with Gasteiger partial charge in [-0.25, -0.2) is 0 Å². The fourth-order valence-corrected chi connectivity index (χ4v) is 5.47. The number of carbonyl (C=O) groups is 1. The fourth-order valence-electron chi connectivity index (χ4n) is 5.47. The van der Waals surface area contributed by atoms with E-state index in [1.54, 1.807) is 14.2 Å². The molecule has 2 rings (SSSR count). The fraction of sp³-hybridized carbons (Fsp3) is 0.735. The molecule has 0 amide bonds. The summed E-state index contributed by atoms with van der Waals surface area (Å²) in [7, 11) is 3.29. The van der Waals surface area contributed by atoms with Gasteiger partial charge < -0.3 is 38.3 Å². The van der Waals surface area contributed by atoms with E-state index in [1.807, 2.05) is 19.9 Å². The molecule has 5 atom stereocenters. The number of carbonyl (C=O) groups excluding carboxylic acids is 1. The third-order valence-corrected chi connectivity index (χ3v) is 7.73. The number of unbranched alkanes of at least 4 members (excludes halogenated alkanes) is 1. The van der Waals surface area contributed by atoms with E-state index in [0.29, 0.717) is 39.3 Å². The molecule has 1 N–H and O–H groups in total. The summed E-state index contributed by atoms with van der Waals surface area (Å²) in [4.78, 5) is 11.8. The van der Waals surface area contributed by atoms with Crippen molar-refractivity contribution in [1.29, 1.82) is 0 Å². The van der Waals surface area contributed by atoms with Crippen LogP contribution < -0.4 is 0 Å². The van der Waals surface area contributed by atoms with E-state index in [9.17, 15) is 9.90 Å². The number of hydrogen-bond donors (Lipinski definition) is 1. The van der Waals surface area contributed by atoms with Crippen LogP contribution in [0.1, 0.15) is 70.8 Å². The number of aryl methyl sites for hydroxylation is 1. The molecular weight excluding hydrogens is 552 g/mol. The van der Waals surface area contributed by atoms with E-state index in [-0.39, 0.29) is 49.7 Å². The van der Waals surface area contributed by atoms with Crippen molar-refractivity contribution in [2.75, 3.05) is 54.2 Å². The third-order valence-electron chi connectivity index (χ3n) is 7.73. The Labute approximate surface area is 259 Å². The van der Waals surface area contributed by atoms with Crippen LogP contribution in [0.5, 0.6) is 0 Å². The first-order chi connectivity index (χ1) is 20.9. The van der Waals surface area contributed by atoms with Gasteiger partial charge in [-0.2, -0.15) is 0 Å². The van der Waals surface area contributed by atoms with Crippen molar-refractivity contribution in [1.82, 2.24) is 0 Å². The smallest absolute Gasteiger partial charge is 0.306 e. The molecule has 0 unspecified atom stereocenters. The van der Waals surface area contributed by atoms with Gasteiger partial charge in [0.25, 0.3) is 0 Å². The first kappa shape index (κ1) is 37.3. The molecule has 9 heteroatoms. The Morgan fingerprint density at radius 1 is 0.953 bits per heavy atom. The van der Waals surface area contributed by atoms with Crippen LogP contribution >= 0.6 is 0 Å². The molecule has 0 heterocycles. The first-order valence-electron chi connectivity index (χ1n) is 15.9. The number of benzene rings is 1. The van der Waals surface area contributed by atoms with E-state index in [4.69, 9.17) is 33.2 Å². The molecule has 0 aliphatic heterocycles. The minimum absolute atomic E-state index is 0.0147. The number of hydrogen-bond acceptors (Lipinski definition) is 9. The van der Waals surface area contributed by atoms with E-state index in [2.05, 4.69) is 36.4 Å². The van der Waals surface area contributed by atoms with Crippen LogP contribution in [0.25, 0.3) is 0 Å². The van der Waals surface area contributed by atoms with E-state index >= 15 is 0 Å². The second-order valence-electron chi connectivity index (χ2n) is 11.4. The van der Waals surface area contributed by atoms with Gasteiger partial charge >= 0.3 is 5.97 Å². The summed E-state index contributed by atoms with van der Waals surface area (Å²) < 4.78 is 38.9. The van der Waals surface area contributed by atoms with Crippen LogP contribution in [-0.4, -0.2) is 89.7 Å². The third kappa shape index (κ3) is 16.7. The highest BCUT2D eigenvalue weighted by Gasteiger charge is 2.42. The van der Waals surface area contributed by atoms with Gasteiger partial charge in [0.1, 0.15) is 13.6 Å². The lowest BCUT2D eigenvalue weighted by Crippen LogP contribution is -2.27.